The molecule has 0 N–H and O–H groups in total. The monoisotopic (exact) mass is 489 g/mol. The van der Waals surface area contributed by atoms with Gasteiger partial charge in [0.25, 0.3) is 11.8 Å². The summed E-state index contributed by atoms with van der Waals surface area (Å²) in [6.07, 6.45) is 0. The second-order valence-electron chi connectivity index (χ2n) is 8.30. The molecule has 1 aliphatic rings. The van der Waals surface area contributed by atoms with E-state index in [1.54, 1.807) is 59.5 Å². The lowest BCUT2D eigenvalue weighted by molar-refractivity contribution is -0.121. The first-order valence-corrected chi connectivity index (χ1v) is 12.8. The fourth-order valence-corrected chi connectivity index (χ4v) is 5.29. The Morgan fingerprint density at radius 1 is 0.971 bits per heavy atom. The zero-order valence-electron chi connectivity index (χ0n) is 19.3. The smallest absolute Gasteiger partial charge is 0.265 e. The molecule has 8 nitrogen and oxygen atoms in total. The fourth-order valence-electron chi connectivity index (χ4n) is 3.94. The molecule has 1 aliphatic heterocycles. The number of aromatic nitrogens is 2. The molecule has 2 heterocycles. The average Bonchev–Trinajstić information content (AvgIpc) is 3.34. The number of carbonyl (C=O) groups excluding carboxylic acids is 1. The highest BCUT2D eigenvalue weighted by atomic mass is 32.2. The van der Waals surface area contributed by atoms with Crippen LogP contribution in [0, 0.1) is 6.92 Å². The summed E-state index contributed by atoms with van der Waals surface area (Å²) in [7, 11) is -3.45. The number of carbonyl (C=O) groups is 1. The molecule has 1 aromatic heterocycles. The Morgan fingerprint density at radius 3 is 2.40 bits per heavy atom. The highest BCUT2D eigenvalue weighted by molar-refractivity contribution is 7.90. The van der Waals surface area contributed by atoms with E-state index >= 15 is 0 Å². The van der Waals surface area contributed by atoms with Gasteiger partial charge in [0.2, 0.25) is 5.82 Å². The van der Waals surface area contributed by atoms with Gasteiger partial charge in [-0.1, -0.05) is 35.0 Å². The van der Waals surface area contributed by atoms with Gasteiger partial charge in [0.05, 0.1) is 16.3 Å². The van der Waals surface area contributed by atoms with Crippen LogP contribution >= 0.6 is 0 Å². The van der Waals surface area contributed by atoms with Gasteiger partial charge < -0.3 is 14.2 Å². The van der Waals surface area contributed by atoms with Gasteiger partial charge in [0.15, 0.2) is 16.4 Å². The summed E-state index contributed by atoms with van der Waals surface area (Å²) in [5, 5.41) is 4.08. The van der Waals surface area contributed by atoms with Crippen LogP contribution in [-0.2, 0) is 20.4 Å². The van der Waals surface area contributed by atoms with Gasteiger partial charge in [-0.2, -0.15) is 4.98 Å². The maximum absolute atomic E-state index is 12.7. The molecule has 0 saturated heterocycles. The van der Waals surface area contributed by atoms with E-state index in [1.165, 1.54) is 0 Å². The highest BCUT2D eigenvalue weighted by Gasteiger charge is 2.25. The topological polar surface area (TPSA) is 103 Å². The van der Waals surface area contributed by atoms with E-state index in [9.17, 15) is 13.2 Å². The molecule has 0 spiro atoms. The van der Waals surface area contributed by atoms with E-state index in [1.807, 2.05) is 26.0 Å². The van der Waals surface area contributed by atoms with Crippen molar-refractivity contribution in [2.45, 2.75) is 24.5 Å². The normalized spacial score (nSPS) is 13.4. The van der Waals surface area contributed by atoms with Gasteiger partial charge >= 0.3 is 0 Å². The zero-order valence-corrected chi connectivity index (χ0v) is 20.1. The second-order valence-corrected chi connectivity index (χ2v) is 10.3. The number of rotatable bonds is 6. The number of hydrogen-bond donors (Lipinski definition) is 0. The third-order valence-electron chi connectivity index (χ3n) is 5.84. The van der Waals surface area contributed by atoms with Crippen molar-refractivity contribution in [1.29, 1.82) is 0 Å². The van der Waals surface area contributed by atoms with Crippen molar-refractivity contribution in [2.75, 3.05) is 18.1 Å². The Hall–Kier alpha value is -3.98. The summed E-state index contributed by atoms with van der Waals surface area (Å²) in [5.74, 6) is 1.12. The van der Waals surface area contributed by atoms with Gasteiger partial charge in [0, 0.05) is 17.7 Å². The van der Waals surface area contributed by atoms with Gasteiger partial charge in [-0.3, -0.25) is 4.79 Å². The number of benzene rings is 3. The van der Waals surface area contributed by atoms with E-state index in [0.717, 1.165) is 5.56 Å². The first kappa shape index (κ1) is 22.8. The van der Waals surface area contributed by atoms with Crippen molar-refractivity contribution in [3.05, 3.63) is 77.9 Å². The fraction of sp³-hybridized carbons (Fsp3) is 0.192. The Bertz CT molecular complexity index is 1490. The molecule has 0 radical (unpaired) electrons. The minimum absolute atomic E-state index is 0.0227. The minimum Gasteiger partial charge on any atom is -0.482 e. The lowest BCUT2D eigenvalue weighted by Crippen LogP contribution is -2.38. The van der Waals surface area contributed by atoms with Crippen LogP contribution in [0.1, 0.15) is 18.1 Å². The van der Waals surface area contributed by atoms with Crippen molar-refractivity contribution in [2.24, 2.45) is 0 Å². The summed E-state index contributed by atoms with van der Waals surface area (Å²) < 4.78 is 36.4. The van der Waals surface area contributed by atoms with Gasteiger partial charge in [-0.05, 0) is 61.9 Å². The Balaban J connectivity index is 1.35. The first-order chi connectivity index (χ1) is 16.8. The van der Waals surface area contributed by atoms with Crippen LogP contribution in [0.15, 0.2) is 76.1 Å². The Morgan fingerprint density at radius 2 is 1.69 bits per heavy atom. The average molecular weight is 490 g/mol. The van der Waals surface area contributed by atoms with Crippen molar-refractivity contribution in [3.8, 4) is 28.6 Å². The summed E-state index contributed by atoms with van der Waals surface area (Å²) in [6, 6.07) is 19.2. The van der Waals surface area contributed by atoms with E-state index in [0.29, 0.717) is 51.3 Å². The van der Waals surface area contributed by atoms with Crippen molar-refractivity contribution < 1.29 is 22.5 Å². The number of hydrogen-bond acceptors (Lipinski definition) is 7. The maximum atomic E-state index is 12.7. The molecule has 0 aliphatic carbocycles. The van der Waals surface area contributed by atoms with Gasteiger partial charge in [-0.25, -0.2) is 8.42 Å². The molecule has 3 aromatic carbocycles. The van der Waals surface area contributed by atoms with E-state index in [-0.39, 0.29) is 18.3 Å². The quantitative estimate of drug-likeness (QED) is 0.395. The molecule has 5 rings (SSSR count). The third kappa shape index (κ3) is 4.54. The molecule has 9 heteroatoms. The maximum Gasteiger partial charge on any atom is 0.265 e. The Labute approximate surface area is 203 Å². The number of anilines is 1. The summed E-state index contributed by atoms with van der Waals surface area (Å²) in [6.45, 7) is 4.37. The number of aryl methyl sites for hydroxylation is 1. The van der Waals surface area contributed by atoms with Gasteiger partial charge in [-0.15, -0.1) is 0 Å². The number of sulfone groups is 1. The van der Waals surface area contributed by atoms with Crippen LogP contribution < -0.4 is 9.64 Å². The van der Waals surface area contributed by atoms with Crippen LogP contribution in [0.25, 0.3) is 22.8 Å². The minimum atomic E-state index is -3.45. The second kappa shape index (κ2) is 8.99. The van der Waals surface area contributed by atoms with Crippen LogP contribution in [-0.4, -0.2) is 37.6 Å². The number of likely N-dealkylation sites (N-methyl/N-ethyl adjacent to an activating group) is 1. The largest absolute Gasteiger partial charge is 0.482 e. The lowest BCUT2D eigenvalue weighted by atomic mass is 10.1. The Kier molecular flexibility index (Phi) is 5.86. The molecular weight excluding hydrogens is 466 g/mol. The standard InChI is InChI=1S/C26H23N3O5S/c1-3-29-22-14-20(10-13-23(22)33-15-24(29)30)25-27-26(34-28-25)19-8-6-18(7-9-19)16-35(31,32)21-11-4-17(2)5-12-21/h4-14H,3,15-16H2,1-2H3. The number of ether oxygens (including phenoxy) is 1. The predicted molar refractivity (Wildman–Crippen MR) is 131 cm³/mol. The molecule has 0 fully saturated rings. The molecule has 35 heavy (non-hydrogen) atoms. The van der Waals surface area contributed by atoms with E-state index in [2.05, 4.69) is 10.1 Å². The van der Waals surface area contributed by atoms with Crippen molar-refractivity contribution in [3.63, 3.8) is 0 Å². The number of fused-ring (bicyclic) bond motifs is 1. The third-order valence-corrected chi connectivity index (χ3v) is 7.54. The molecule has 0 saturated carbocycles. The SMILES string of the molecule is CCN1C(=O)COc2ccc(-c3noc(-c4ccc(CS(=O)(=O)c5ccc(C)cc5)cc4)n3)cc21. The molecule has 0 bridgehead atoms. The van der Waals surface area contributed by atoms with Gasteiger partial charge in [0.1, 0.15) is 5.75 Å². The van der Waals surface area contributed by atoms with Crippen molar-refractivity contribution in [1.82, 2.24) is 10.1 Å². The number of amides is 1. The van der Waals surface area contributed by atoms with Crippen LogP contribution in [0.4, 0.5) is 5.69 Å². The summed E-state index contributed by atoms with van der Waals surface area (Å²) >= 11 is 0. The molecule has 178 valence electrons. The molecular formula is C26H23N3O5S. The first-order valence-electron chi connectivity index (χ1n) is 11.1. The molecule has 0 atom stereocenters. The van der Waals surface area contributed by atoms with Crippen molar-refractivity contribution >= 4 is 21.4 Å². The molecule has 0 unspecified atom stereocenters. The van der Waals surface area contributed by atoms with E-state index in [4.69, 9.17) is 9.26 Å². The zero-order chi connectivity index (χ0) is 24.6. The predicted octanol–water partition coefficient (Wildman–Crippen LogP) is 4.43. The van der Waals surface area contributed by atoms with Crippen LogP contribution in [0.5, 0.6) is 5.75 Å². The summed E-state index contributed by atoms with van der Waals surface area (Å²) in [5.41, 5.74) is 3.70. The lowest BCUT2D eigenvalue weighted by Gasteiger charge is -2.28. The highest BCUT2D eigenvalue weighted by Crippen LogP contribution is 2.35. The van der Waals surface area contributed by atoms with Crippen LogP contribution in [0.2, 0.25) is 0 Å². The van der Waals surface area contributed by atoms with E-state index < -0.39 is 9.84 Å². The molecule has 4 aromatic rings. The van der Waals surface area contributed by atoms with Crippen LogP contribution in [0.3, 0.4) is 0 Å². The summed E-state index contributed by atoms with van der Waals surface area (Å²) in [4.78, 5) is 18.6. The molecule has 1 amide bonds. The number of nitrogens with zero attached hydrogens (tertiary/aromatic N) is 3.